The van der Waals surface area contributed by atoms with E-state index >= 15 is 0 Å². The Balaban J connectivity index is 2.29. The summed E-state index contributed by atoms with van der Waals surface area (Å²) in [6.45, 7) is 1.76. The number of hydrogen-bond acceptors (Lipinski definition) is 4. The van der Waals surface area contributed by atoms with E-state index in [0.29, 0.717) is 17.3 Å². The summed E-state index contributed by atoms with van der Waals surface area (Å²) in [5.74, 6) is 0.930. The first-order valence-electron chi connectivity index (χ1n) is 4.83. The molecule has 1 N–H and O–H groups in total. The summed E-state index contributed by atoms with van der Waals surface area (Å²) in [6, 6.07) is 6.98. The van der Waals surface area contributed by atoms with E-state index in [1.807, 2.05) is 0 Å². The minimum atomic E-state index is -0.117. The number of rotatable bonds is 2. The van der Waals surface area contributed by atoms with Crippen LogP contribution >= 0.6 is 0 Å². The molecule has 0 fully saturated rings. The molecular formula is C11H11N3O2. The monoisotopic (exact) mass is 217 g/mol. The second kappa shape index (κ2) is 4.14. The van der Waals surface area contributed by atoms with Crippen molar-refractivity contribution < 1.29 is 9.32 Å². The van der Waals surface area contributed by atoms with Crippen LogP contribution in [-0.4, -0.2) is 23.1 Å². The van der Waals surface area contributed by atoms with Crippen molar-refractivity contribution in [1.29, 1.82) is 0 Å². The van der Waals surface area contributed by atoms with Gasteiger partial charge in [0.15, 0.2) is 5.82 Å². The lowest BCUT2D eigenvalue weighted by Gasteiger charge is -1.99. The highest BCUT2D eigenvalue weighted by molar-refractivity contribution is 5.94. The van der Waals surface area contributed by atoms with Crippen LogP contribution in [0.25, 0.3) is 11.5 Å². The fourth-order valence-electron chi connectivity index (χ4n) is 1.32. The molecule has 1 aromatic carbocycles. The number of carbonyl (C=O) groups is 1. The number of hydrogen-bond donors (Lipinski definition) is 1. The van der Waals surface area contributed by atoms with Crippen LogP contribution in [-0.2, 0) is 0 Å². The first-order valence-corrected chi connectivity index (χ1v) is 4.83. The maximum atomic E-state index is 11.3. The third-order valence-corrected chi connectivity index (χ3v) is 2.15. The molecule has 5 heteroatoms. The maximum Gasteiger partial charge on any atom is 0.257 e. The smallest absolute Gasteiger partial charge is 0.257 e. The molecule has 0 radical (unpaired) electrons. The minimum Gasteiger partial charge on any atom is -0.355 e. The standard InChI is InChI=1S/C11H11N3O2/c1-7-13-11(16-14-7)9-5-3-8(4-6-9)10(15)12-2/h3-6H,1-2H3,(H,12,15). The van der Waals surface area contributed by atoms with E-state index in [-0.39, 0.29) is 5.91 Å². The fourth-order valence-corrected chi connectivity index (χ4v) is 1.32. The van der Waals surface area contributed by atoms with Gasteiger partial charge in [0, 0.05) is 18.2 Å². The third kappa shape index (κ3) is 1.93. The number of benzene rings is 1. The van der Waals surface area contributed by atoms with Gasteiger partial charge in [-0.15, -0.1) is 0 Å². The van der Waals surface area contributed by atoms with Gasteiger partial charge in [0.1, 0.15) is 0 Å². The van der Waals surface area contributed by atoms with Crippen molar-refractivity contribution in [2.45, 2.75) is 6.92 Å². The Kier molecular flexibility index (Phi) is 2.68. The quantitative estimate of drug-likeness (QED) is 0.825. The molecule has 0 unspecified atom stereocenters. The number of aromatic nitrogens is 2. The zero-order valence-electron chi connectivity index (χ0n) is 9.02. The van der Waals surface area contributed by atoms with Gasteiger partial charge in [0.05, 0.1) is 0 Å². The molecule has 16 heavy (non-hydrogen) atoms. The number of nitrogens with one attached hydrogen (secondary N) is 1. The predicted molar refractivity (Wildman–Crippen MR) is 57.9 cm³/mol. The summed E-state index contributed by atoms with van der Waals surface area (Å²) in [4.78, 5) is 15.4. The van der Waals surface area contributed by atoms with E-state index in [1.54, 1.807) is 38.2 Å². The molecule has 0 atom stereocenters. The van der Waals surface area contributed by atoms with E-state index in [4.69, 9.17) is 4.52 Å². The fraction of sp³-hybridized carbons (Fsp3) is 0.182. The molecule has 0 spiro atoms. The molecule has 2 aromatic rings. The van der Waals surface area contributed by atoms with Crippen molar-refractivity contribution in [3.63, 3.8) is 0 Å². The minimum absolute atomic E-state index is 0.117. The zero-order valence-corrected chi connectivity index (χ0v) is 9.02. The lowest BCUT2D eigenvalue weighted by molar-refractivity contribution is 0.0963. The first kappa shape index (κ1) is 10.4. The SMILES string of the molecule is CNC(=O)c1ccc(-c2nc(C)no2)cc1. The topological polar surface area (TPSA) is 68.0 Å². The maximum absolute atomic E-state index is 11.3. The summed E-state index contributed by atoms with van der Waals surface area (Å²) in [7, 11) is 1.59. The van der Waals surface area contributed by atoms with Gasteiger partial charge in [0.2, 0.25) is 0 Å². The van der Waals surface area contributed by atoms with Crippen LogP contribution in [0.3, 0.4) is 0 Å². The van der Waals surface area contributed by atoms with E-state index < -0.39 is 0 Å². The molecule has 0 aliphatic carbocycles. The third-order valence-electron chi connectivity index (χ3n) is 2.15. The molecule has 1 heterocycles. The molecular weight excluding hydrogens is 206 g/mol. The van der Waals surface area contributed by atoms with Crippen LogP contribution in [0, 0.1) is 6.92 Å². The van der Waals surface area contributed by atoms with Gasteiger partial charge in [-0.2, -0.15) is 4.98 Å². The Morgan fingerprint density at radius 3 is 2.50 bits per heavy atom. The number of aryl methyl sites for hydroxylation is 1. The lowest BCUT2D eigenvalue weighted by Crippen LogP contribution is -2.17. The largest absolute Gasteiger partial charge is 0.355 e. The Morgan fingerprint density at radius 2 is 2.00 bits per heavy atom. The highest BCUT2D eigenvalue weighted by atomic mass is 16.5. The van der Waals surface area contributed by atoms with Crippen LogP contribution in [0.1, 0.15) is 16.2 Å². The van der Waals surface area contributed by atoms with Gasteiger partial charge in [-0.25, -0.2) is 0 Å². The van der Waals surface area contributed by atoms with Crippen molar-refractivity contribution in [2.75, 3.05) is 7.05 Å². The van der Waals surface area contributed by atoms with Gasteiger partial charge < -0.3 is 9.84 Å². The van der Waals surface area contributed by atoms with Crippen LogP contribution in [0.2, 0.25) is 0 Å². The van der Waals surface area contributed by atoms with Gasteiger partial charge in [-0.3, -0.25) is 4.79 Å². The lowest BCUT2D eigenvalue weighted by atomic mass is 10.1. The van der Waals surface area contributed by atoms with Crippen LogP contribution < -0.4 is 5.32 Å². The molecule has 0 aliphatic heterocycles. The second-order valence-electron chi connectivity index (χ2n) is 3.30. The van der Waals surface area contributed by atoms with E-state index in [2.05, 4.69) is 15.5 Å². The predicted octanol–water partition coefficient (Wildman–Crippen LogP) is 1.40. The van der Waals surface area contributed by atoms with Crippen molar-refractivity contribution in [1.82, 2.24) is 15.5 Å². The van der Waals surface area contributed by atoms with E-state index in [1.165, 1.54) is 0 Å². The zero-order chi connectivity index (χ0) is 11.5. The first-order chi connectivity index (χ1) is 7.70. The molecule has 5 nitrogen and oxygen atoms in total. The summed E-state index contributed by atoms with van der Waals surface area (Å²) >= 11 is 0. The molecule has 2 rings (SSSR count). The van der Waals surface area contributed by atoms with Gasteiger partial charge in [-0.1, -0.05) is 5.16 Å². The Bertz CT molecular complexity index is 502. The van der Waals surface area contributed by atoms with Crippen molar-refractivity contribution in [3.8, 4) is 11.5 Å². The van der Waals surface area contributed by atoms with Crippen molar-refractivity contribution in [3.05, 3.63) is 35.7 Å². The summed E-state index contributed by atoms with van der Waals surface area (Å²) < 4.78 is 5.02. The number of nitrogens with zero attached hydrogens (tertiary/aromatic N) is 2. The summed E-state index contributed by atoms with van der Waals surface area (Å²) in [5.41, 5.74) is 1.40. The molecule has 0 aliphatic rings. The molecule has 0 saturated carbocycles. The summed E-state index contributed by atoms with van der Waals surface area (Å²) in [6.07, 6.45) is 0. The number of amides is 1. The van der Waals surface area contributed by atoms with E-state index in [9.17, 15) is 4.79 Å². The average molecular weight is 217 g/mol. The molecule has 82 valence electrons. The number of carbonyl (C=O) groups excluding carboxylic acids is 1. The van der Waals surface area contributed by atoms with Crippen LogP contribution in [0.4, 0.5) is 0 Å². The highest BCUT2D eigenvalue weighted by Crippen LogP contribution is 2.17. The Labute approximate surface area is 92.5 Å². The van der Waals surface area contributed by atoms with Gasteiger partial charge in [-0.05, 0) is 31.2 Å². The molecule has 1 aromatic heterocycles. The Morgan fingerprint density at radius 1 is 1.31 bits per heavy atom. The van der Waals surface area contributed by atoms with Crippen LogP contribution in [0.5, 0.6) is 0 Å². The average Bonchev–Trinajstić information content (AvgIpc) is 2.75. The molecule has 1 amide bonds. The van der Waals surface area contributed by atoms with Crippen molar-refractivity contribution in [2.24, 2.45) is 0 Å². The van der Waals surface area contributed by atoms with Gasteiger partial charge in [0.25, 0.3) is 11.8 Å². The van der Waals surface area contributed by atoms with E-state index in [0.717, 1.165) is 5.56 Å². The molecule has 0 bridgehead atoms. The Hall–Kier alpha value is -2.17. The second-order valence-corrected chi connectivity index (χ2v) is 3.30. The normalized spacial score (nSPS) is 10.1. The highest BCUT2D eigenvalue weighted by Gasteiger charge is 2.07. The van der Waals surface area contributed by atoms with Crippen LogP contribution in [0.15, 0.2) is 28.8 Å². The molecule has 0 saturated heterocycles. The summed E-state index contributed by atoms with van der Waals surface area (Å²) in [5, 5.41) is 6.26. The van der Waals surface area contributed by atoms with Gasteiger partial charge >= 0.3 is 0 Å². The van der Waals surface area contributed by atoms with Crippen molar-refractivity contribution >= 4 is 5.91 Å².